The van der Waals surface area contributed by atoms with Crippen LogP contribution in [-0.4, -0.2) is 28.6 Å². The number of fused-ring (bicyclic) bond motifs is 1. The number of nitrogens with zero attached hydrogens (tertiary/aromatic N) is 2. The number of amides is 2. The summed E-state index contributed by atoms with van der Waals surface area (Å²) in [6, 6.07) is 7.40. The Hall–Kier alpha value is -2.30. The molecule has 0 radical (unpaired) electrons. The third-order valence-electron chi connectivity index (χ3n) is 4.74. The predicted molar refractivity (Wildman–Crippen MR) is 102 cm³/mol. The first-order valence-corrected chi connectivity index (χ1v) is 9.14. The van der Waals surface area contributed by atoms with Crippen molar-refractivity contribution in [1.82, 2.24) is 9.47 Å². The van der Waals surface area contributed by atoms with E-state index in [0.717, 1.165) is 24.9 Å². The van der Waals surface area contributed by atoms with Gasteiger partial charge in [-0.3, -0.25) is 4.79 Å². The predicted octanol–water partition coefficient (Wildman–Crippen LogP) is 3.92. The van der Waals surface area contributed by atoms with Gasteiger partial charge >= 0.3 is 6.03 Å². The molecule has 1 fully saturated rings. The van der Waals surface area contributed by atoms with E-state index in [1.807, 2.05) is 29.2 Å². The number of carbonyl (C=O) groups is 1. The fourth-order valence-corrected chi connectivity index (χ4v) is 3.54. The first-order valence-electron chi connectivity index (χ1n) is 9.14. The average Bonchev–Trinajstić information content (AvgIpc) is 2.58. The summed E-state index contributed by atoms with van der Waals surface area (Å²) in [5.74, 6) is 0.886. The molecular formula is C20H27N3O2. The van der Waals surface area contributed by atoms with Gasteiger partial charge in [0.25, 0.3) is 5.56 Å². The first kappa shape index (κ1) is 17.5. The van der Waals surface area contributed by atoms with E-state index in [9.17, 15) is 9.59 Å². The lowest BCUT2D eigenvalue weighted by atomic mass is 10.0. The van der Waals surface area contributed by atoms with Crippen molar-refractivity contribution in [2.75, 3.05) is 18.4 Å². The van der Waals surface area contributed by atoms with Gasteiger partial charge in [0, 0.05) is 36.6 Å². The minimum absolute atomic E-state index is 0.00565. The molecule has 1 saturated heterocycles. The van der Waals surface area contributed by atoms with Crippen LogP contribution >= 0.6 is 0 Å². The zero-order valence-corrected chi connectivity index (χ0v) is 15.3. The number of urea groups is 1. The van der Waals surface area contributed by atoms with Crippen LogP contribution in [0.1, 0.15) is 33.6 Å². The maximum absolute atomic E-state index is 12.7. The van der Waals surface area contributed by atoms with Crippen LogP contribution in [0.25, 0.3) is 10.8 Å². The number of hydrogen-bond acceptors (Lipinski definition) is 2. The number of likely N-dealkylation sites (tertiary alicyclic amines) is 1. The minimum atomic E-state index is -0.0774. The lowest BCUT2D eigenvalue weighted by Gasteiger charge is -2.31. The van der Waals surface area contributed by atoms with Gasteiger partial charge in [-0.15, -0.1) is 0 Å². The number of pyridine rings is 1. The van der Waals surface area contributed by atoms with Gasteiger partial charge in [-0.25, -0.2) is 4.79 Å². The molecule has 1 aromatic carbocycles. The summed E-state index contributed by atoms with van der Waals surface area (Å²) in [5, 5.41) is 4.49. The maximum Gasteiger partial charge on any atom is 0.321 e. The highest BCUT2D eigenvalue weighted by Gasteiger charge is 2.22. The largest absolute Gasteiger partial charge is 0.324 e. The number of anilines is 1. The summed E-state index contributed by atoms with van der Waals surface area (Å²) in [6.45, 7) is 8.55. The number of hydrogen-bond donors (Lipinski definition) is 1. The third-order valence-corrected chi connectivity index (χ3v) is 4.74. The van der Waals surface area contributed by atoms with Crippen molar-refractivity contribution in [3.63, 3.8) is 0 Å². The maximum atomic E-state index is 12.7. The zero-order chi connectivity index (χ0) is 18.0. The van der Waals surface area contributed by atoms with Crippen molar-refractivity contribution < 1.29 is 4.79 Å². The monoisotopic (exact) mass is 341 g/mol. The van der Waals surface area contributed by atoms with E-state index in [0.29, 0.717) is 29.5 Å². The first-order chi connectivity index (χ1) is 12.0. The van der Waals surface area contributed by atoms with E-state index >= 15 is 0 Å². The number of nitrogens with one attached hydrogen (secondary N) is 1. The second-order valence-electron chi connectivity index (χ2n) is 7.56. The van der Waals surface area contributed by atoms with E-state index in [-0.39, 0.29) is 11.6 Å². The van der Waals surface area contributed by atoms with E-state index < -0.39 is 0 Å². The topological polar surface area (TPSA) is 54.3 Å². The molecule has 5 nitrogen and oxygen atoms in total. The average molecular weight is 341 g/mol. The quantitative estimate of drug-likeness (QED) is 0.920. The summed E-state index contributed by atoms with van der Waals surface area (Å²) in [6.07, 6.45) is 4.00. The molecule has 0 aliphatic carbocycles. The molecule has 1 N–H and O–H groups in total. The molecule has 2 aromatic rings. The lowest BCUT2D eigenvalue weighted by molar-refractivity contribution is 0.182. The molecule has 1 aromatic heterocycles. The van der Waals surface area contributed by atoms with E-state index in [4.69, 9.17) is 0 Å². The molecule has 2 heterocycles. The number of rotatable bonds is 3. The minimum Gasteiger partial charge on any atom is -0.324 e. The van der Waals surface area contributed by atoms with Crippen LogP contribution in [0.3, 0.4) is 0 Å². The second-order valence-corrected chi connectivity index (χ2v) is 7.56. The Kier molecular flexibility index (Phi) is 5.11. The number of carbonyl (C=O) groups excluding carboxylic acids is 1. The molecule has 0 unspecified atom stereocenters. The van der Waals surface area contributed by atoms with Gasteiger partial charge in [-0.1, -0.05) is 39.0 Å². The van der Waals surface area contributed by atoms with Crippen molar-refractivity contribution in [2.24, 2.45) is 11.8 Å². The van der Waals surface area contributed by atoms with Gasteiger partial charge < -0.3 is 14.8 Å². The molecule has 1 aliphatic rings. The molecule has 5 heteroatoms. The molecule has 0 spiro atoms. The van der Waals surface area contributed by atoms with Gasteiger partial charge in [-0.2, -0.15) is 0 Å². The Morgan fingerprint density at radius 3 is 2.68 bits per heavy atom. The van der Waals surface area contributed by atoms with Crippen LogP contribution in [0.5, 0.6) is 0 Å². The van der Waals surface area contributed by atoms with Crippen LogP contribution < -0.4 is 10.9 Å². The molecule has 0 bridgehead atoms. The number of piperidine rings is 1. The molecule has 1 aliphatic heterocycles. The Morgan fingerprint density at radius 1 is 1.28 bits per heavy atom. The van der Waals surface area contributed by atoms with Gasteiger partial charge in [0.05, 0.1) is 5.69 Å². The lowest BCUT2D eigenvalue weighted by Crippen LogP contribution is -2.41. The number of benzene rings is 1. The summed E-state index contributed by atoms with van der Waals surface area (Å²) < 4.78 is 1.71. The van der Waals surface area contributed by atoms with Crippen molar-refractivity contribution in [1.29, 1.82) is 0 Å². The molecule has 3 rings (SSSR count). The highest BCUT2D eigenvalue weighted by atomic mass is 16.2. The van der Waals surface area contributed by atoms with Gasteiger partial charge in [0.15, 0.2) is 0 Å². The van der Waals surface area contributed by atoms with Crippen LogP contribution in [0.15, 0.2) is 35.3 Å². The highest BCUT2D eigenvalue weighted by molar-refractivity contribution is 6.01. The SMILES string of the molecule is CC(C)Cn1cc(NC(=O)N2CCC[C@H](C)C2)c2ccccc2c1=O. The molecule has 25 heavy (non-hydrogen) atoms. The van der Waals surface area contributed by atoms with Crippen LogP contribution in [0, 0.1) is 11.8 Å². The smallest absolute Gasteiger partial charge is 0.321 e. The Morgan fingerprint density at radius 2 is 2.00 bits per heavy atom. The highest BCUT2D eigenvalue weighted by Crippen LogP contribution is 2.22. The molecular weight excluding hydrogens is 314 g/mol. The van der Waals surface area contributed by atoms with Crippen molar-refractivity contribution in [3.8, 4) is 0 Å². The summed E-state index contributed by atoms with van der Waals surface area (Å²) >= 11 is 0. The summed E-state index contributed by atoms with van der Waals surface area (Å²) in [4.78, 5) is 27.3. The summed E-state index contributed by atoms with van der Waals surface area (Å²) in [7, 11) is 0. The van der Waals surface area contributed by atoms with Crippen molar-refractivity contribution >= 4 is 22.5 Å². The number of aromatic nitrogens is 1. The van der Waals surface area contributed by atoms with E-state index in [1.54, 1.807) is 10.8 Å². The van der Waals surface area contributed by atoms with Gasteiger partial charge in [-0.05, 0) is 30.7 Å². The normalized spacial score (nSPS) is 17.9. The van der Waals surface area contributed by atoms with E-state index in [1.165, 1.54) is 6.42 Å². The Bertz CT molecular complexity index is 825. The van der Waals surface area contributed by atoms with Crippen LogP contribution in [0.2, 0.25) is 0 Å². The molecule has 2 amide bonds. The molecule has 1 atom stereocenters. The Labute approximate surface area is 148 Å². The van der Waals surface area contributed by atoms with Crippen molar-refractivity contribution in [3.05, 3.63) is 40.8 Å². The third kappa shape index (κ3) is 3.86. The Balaban J connectivity index is 1.95. The van der Waals surface area contributed by atoms with Crippen molar-refractivity contribution in [2.45, 2.75) is 40.2 Å². The molecule has 134 valence electrons. The fourth-order valence-electron chi connectivity index (χ4n) is 3.54. The molecule has 0 saturated carbocycles. The van der Waals surface area contributed by atoms with E-state index in [2.05, 4.69) is 26.1 Å². The van der Waals surface area contributed by atoms with Crippen LogP contribution in [0.4, 0.5) is 10.5 Å². The summed E-state index contributed by atoms with van der Waals surface area (Å²) in [5.41, 5.74) is 0.702. The van der Waals surface area contributed by atoms with Gasteiger partial charge in [0.1, 0.15) is 0 Å². The second kappa shape index (κ2) is 7.30. The van der Waals surface area contributed by atoms with Crippen LogP contribution in [-0.2, 0) is 6.54 Å². The standard InChI is InChI=1S/C20H27N3O2/c1-14(2)11-23-13-18(16-8-4-5-9-17(16)19(23)24)21-20(25)22-10-6-7-15(3)12-22/h4-5,8-9,13-15H,6-7,10-12H2,1-3H3,(H,21,25)/t15-/m0/s1. The van der Waals surface area contributed by atoms with Gasteiger partial charge in [0.2, 0.25) is 0 Å². The fraction of sp³-hybridized carbons (Fsp3) is 0.500. The zero-order valence-electron chi connectivity index (χ0n) is 15.3.